The molecule has 1 rings (SSSR count). The number of aromatic amines is 1. The smallest absolute Gasteiger partial charge is 0.218 e. The first-order valence-corrected chi connectivity index (χ1v) is 3.21. The Kier molecular flexibility index (Phi) is 1.61. The van der Waals surface area contributed by atoms with Gasteiger partial charge in [0.25, 0.3) is 0 Å². The van der Waals surface area contributed by atoms with E-state index in [1.165, 1.54) is 6.33 Å². The maximum atomic E-state index is 3.92. The van der Waals surface area contributed by atoms with Crippen molar-refractivity contribution in [2.45, 2.75) is 26.3 Å². The number of aromatic nitrogens is 3. The Morgan fingerprint density at radius 1 is 1.50 bits per heavy atom. The van der Waals surface area contributed by atoms with Gasteiger partial charge in [0.05, 0.1) is 0 Å². The van der Waals surface area contributed by atoms with Crippen molar-refractivity contribution in [1.82, 2.24) is 15.2 Å². The van der Waals surface area contributed by atoms with Crippen LogP contribution in [0.5, 0.6) is 0 Å². The summed E-state index contributed by atoms with van der Waals surface area (Å²) in [6, 6.07) is 0. The maximum Gasteiger partial charge on any atom is 0.218 e. The fraction of sp³-hybridized carbons (Fsp3) is 0.667. The summed E-state index contributed by atoms with van der Waals surface area (Å²) in [5.41, 5.74) is 0.0412. The lowest BCUT2D eigenvalue weighted by molar-refractivity contribution is 0.626. The molecule has 0 unspecified atom stereocenters. The average Bonchev–Trinajstić information content (AvgIpc) is 2.12. The lowest BCUT2D eigenvalue weighted by Crippen LogP contribution is -2.26. The predicted molar refractivity (Wildman–Crippen MR) is 39.8 cm³/mol. The molecule has 0 spiro atoms. The van der Waals surface area contributed by atoms with Gasteiger partial charge >= 0.3 is 0 Å². The zero-order chi connectivity index (χ0) is 7.61. The third-order valence-electron chi connectivity index (χ3n) is 0.908. The lowest BCUT2D eigenvalue weighted by atomic mass is 10.1. The van der Waals surface area contributed by atoms with Crippen LogP contribution >= 0.6 is 0 Å². The summed E-state index contributed by atoms with van der Waals surface area (Å²) in [5, 5.41) is 9.56. The van der Waals surface area contributed by atoms with Crippen molar-refractivity contribution in [3.05, 3.63) is 6.33 Å². The number of hydrogen-bond acceptors (Lipinski definition) is 3. The molecule has 10 heavy (non-hydrogen) atoms. The Morgan fingerprint density at radius 2 is 2.20 bits per heavy atom. The van der Waals surface area contributed by atoms with Gasteiger partial charge in [-0.05, 0) is 20.8 Å². The van der Waals surface area contributed by atoms with Crippen LogP contribution in [0.1, 0.15) is 20.8 Å². The second-order valence-corrected chi connectivity index (χ2v) is 3.21. The highest BCUT2D eigenvalue weighted by atomic mass is 15.3. The van der Waals surface area contributed by atoms with E-state index in [1.807, 2.05) is 0 Å². The van der Waals surface area contributed by atoms with Gasteiger partial charge in [-0.2, -0.15) is 5.10 Å². The van der Waals surface area contributed by atoms with Gasteiger partial charge in [-0.1, -0.05) is 0 Å². The van der Waals surface area contributed by atoms with Gasteiger partial charge in [-0.25, -0.2) is 10.1 Å². The summed E-state index contributed by atoms with van der Waals surface area (Å²) in [6.45, 7) is 6.20. The molecule has 56 valence electrons. The zero-order valence-corrected chi connectivity index (χ0v) is 6.47. The van der Waals surface area contributed by atoms with Crippen molar-refractivity contribution in [2.24, 2.45) is 0 Å². The SMILES string of the molecule is CC(C)(C)Nc1ncn[nH]1. The number of H-pyrrole nitrogens is 1. The van der Waals surface area contributed by atoms with E-state index in [-0.39, 0.29) is 5.54 Å². The maximum absolute atomic E-state index is 3.92. The fourth-order valence-corrected chi connectivity index (χ4v) is 0.621. The summed E-state index contributed by atoms with van der Waals surface area (Å²) < 4.78 is 0. The Balaban J connectivity index is 2.57. The van der Waals surface area contributed by atoms with Crippen molar-refractivity contribution in [2.75, 3.05) is 5.32 Å². The first-order chi connectivity index (χ1) is 4.58. The van der Waals surface area contributed by atoms with Gasteiger partial charge in [-0.15, -0.1) is 0 Å². The Morgan fingerprint density at radius 3 is 2.60 bits per heavy atom. The molecule has 0 aliphatic rings. The van der Waals surface area contributed by atoms with Crippen LogP contribution in [-0.2, 0) is 0 Å². The summed E-state index contributed by atoms with van der Waals surface area (Å²) in [5.74, 6) is 0.715. The third kappa shape index (κ3) is 2.05. The minimum absolute atomic E-state index is 0.0412. The number of anilines is 1. The van der Waals surface area contributed by atoms with E-state index in [0.29, 0.717) is 5.95 Å². The number of nitrogens with zero attached hydrogens (tertiary/aromatic N) is 2. The number of nitrogens with one attached hydrogen (secondary N) is 2. The quantitative estimate of drug-likeness (QED) is 0.612. The molecule has 0 aromatic carbocycles. The number of hydrogen-bond donors (Lipinski definition) is 2. The first-order valence-electron chi connectivity index (χ1n) is 3.21. The Bertz CT molecular complexity index is 184. The fourth-order valence-electron chi connectivity index (χ4n) is 0.621. The molecule has 4 heteroatoms. The van der Waals surface area contributed by atoms with Crippen molar-refractivity contribution >= 4 is 5.95 Å². The normalized spacial score (nSPS) is 11.5. The topological polar surface area (TPSA) is 53.6 Å². The largest absolute Gasteiger partial charge is 0.350 e. The second kappa shape index (κ2) is 2.28. The highest BCUT2D eigenvalue weighted by Gasteiger charge is 2.09. The molecule has 0 amide bonds. The van der Waals surface area contributed by atoms with Gasteiger partial charge in [-0.3, -0.25) is 0 Å². The average molecular weight is 140 g/mol. The molecule has 4 nitrogen and oxygen atoms in total. The standard InChI is InChI=1S/C6H12N4/c1-6(2,3)9-5-7-4-8-10-5/h4H,1-3H3,(H2,7,8,9,10). The van der Waals surface area contributed by atoms with Gasteiger partial charge in [0.1, 0.15) is 6.33 Å². The third-order valence-corrected chi connectivity index (χ3v) is 0.908. The van der Waals surface area contributed by atoms with Gasteiger partial charge in [0.15, 0.2) is 0 Å². The Labute approximate surface area is 60.1 Å². The van der Waals surface area contributed by atoms with E-state index in [4.69, 9.17) is 0 Å². The van der Waals surface area contributed by atoms with Crippen LogP contribution in [0.2, 0.25) is 0 Å². The minimum Gasteiger partial charge on any atom is -0.350 e. The van der Waals surface area contributed by atoms with E-state index in [9.17, 15) is 0 Å². The first kappa shape index (κ1) is 7.05. The molecule has 0 aliphatic carbocycles. The predicted octanol–water partition coefficient (Wildman–Crippen LogP) is 1.02. The molecule has 0 bridgehead atoms. The summed E-state index contributed by atoms with van der Waals surface area (Å²) >= 11 is 0. The number of rotatable bonds is 1. The molecule has 0 radical (unpaired) electrons. The van der Waals surface area contributed by atoms with Crippen molar-refractivity contribution < 1.29 is 0 Å². The molecule has 2 N–H and O–H groups in total. The molecule has 1 aromatic rings. The summed E-state index contributed by atoms with van der Waals surface area (Å²) in [6.07, 6.45) is 1.48. The summed E-state index contributed by atoms with van der Waals surface area (Å²) in [7, 11) is 0. The summed E-state index contributed by atoms with van der Waals surface area (Å²) in [4.78, 5) is 3.92. The van der Waals surface area contributed by atoms with Gasteiger partial charge < -0.3 is 5.32 Å². The molecule has 0 saturated heterocycles. The van der Waals surface area contributed by atoms with Crippen LogP contribution in [0.25, 0.3) is 0 Å². The monoisotopic (exact) mass is 140 g/mol. The molecule has 1 heterocycles. The highest BCUT2D eigenvalue weighted by Crippen LogP contribution is 2.06. The molecule has 1 aromatic heterocycles. The Hall–Kier alpha value is -1.06. The van der Waals surface area contributed by atoms with E-state index >= 15 is 0 Å². The van der Waals surface area contributed by atoms with Crippen LogP contribution in [0.15, 0.2) is 6.33 Å². The molecule has 0 saturated carbocycles. The van der Waals surface area contributed by atoms with Crippen molar-refractivity contribution in [3.8, 4) is 0 Å². The second-order valence-electron chi connectivity index (χ2n) is 3.21. The van der Waals surface area contributed by atoms with Crippen LogP contribution in [0, 0.1) is 0 Å². The van der Waals surface area contributed by atoms with Crippen LogP contribution in [0.3, 0.4) is 0 Å². The van der Waals surface area contributed by atoms with E-state index < -0.39 is 0 Å². The van der Waals surface area contributed by atoms with Crippen LogP contribution in [0.4, 0.5) is 5.95 Å². The molecule has 0 aliphatic heterocycles. The van der Waals surface area contributed by atoms with E-state index in [2.05, 4.69) is 41.3 Å². The van der Waals surface area contributed by atoms with Gasteiger partial charge in [0.2, 0.25) is 5.95 Å². The minimum atomic E-state index is 0.0412. The lowest BCUT2D eigenvalue weighted by Gasteiger charge is -2.18. The molecule has 0 fully saturated rings. The van der Waals surface area contributed by atoms with E-state index in [1.54, 1.807) is 0 Å². The van der Waals surface area contributed by atoms with Crippen molar-refractivity contribution in [3.63, 3.8) is 0 Å². The molecular formula is C6H12N4. The van der Waals surface area contributed by atoms with Crippen molar-refractivity contribution in [1.29, 1.82) is 0 Å². The van der Waals surface area contributed by atoms with Crippen LogP contribution < -0.4 is 5.32 Å². The van der Waals surface area contributed by atoms with Gasteiger partial charge in [0, 0.05) is 5.54 Å². The highest BCUT2D eigenvalue weighted by molar-refractivity contribution is 5.24. The zero-order valence-electron chi connectivity index (χ0n) is 6.47. The van der Waals surface area contributed by atoms with Crippen LogP contribution in [-0.4, -0.2) is 20.7 Å². The molecule has 0 atom stereocenters. The molecular weight excluding hydrogens is 128 g/mol. The van der Waals surface area contributed by atoms with E-state index in [0.717, 1.165) is 0 Å².